The molecule has 12 nitrogen and oxygen atoms in total. The number of amides is 1. The standard InChI is InChI=1S/C29H31N3O9/c1-15-10-22(34)27(36)28(41-15)18(17-6-7-21(33)23(11-17)38-3)13-26(35)30-8-9-32-16(2)31-20-14-25(40-5)24(39-4)12-19(20)29(32)37/h6-7,10-12,14,18,33,36H,8-9,13H2,1-5H3,(H,30,35). The predicted octanol–water partition coefficient (Wildman–Crippen LogP) is 2.74. The molecule has 2 heterocycles. The number of fused-ring (bicyclic) bond motifs is 1. The second kappa shape index (κ2) is 12.0. The molecule has 0 spiro atoms. The fraction of sp³-hybridized carbons (Fsp3) is 0.310. The molecule has 2 aromatic carbocycles. The zero-order chi connectivity index (χ0) is 29.8. The van der Waals surface area contributed by atoms with Crippen molar-refractivity contribution in [3.63, 3.8) is 0 Å². The van der Waals surface area contributed by atoms with E-state index >= 15 is 0 Å². The number of benzene rings is 2. The van der Waals surface area contributed by atoms with Crippen molar-refractivity contribution in [2.24, 2.45) is 0 Å². The summed E-state index contributed by atoms with van der Waals surface area (Å²) in [5.74, 6) is -0.437. The van der Waals surface area contributed by atoms with Gasteiger partial charge in [0, 0.05) is 31.6 Å². The third-order valence-electron chi connectivity index (χ3n) is 6.69. The maximum absolute atomic E-state index is 13.2. The lowest BCUT2D eigenvalue weighted by Crippen LogP contribution is -2.33. The van der Waals surface area contributed by atoms with Crippen molar-refractivity contribution in [2.45, 2.75) is 32.7 Å². The van der Waals surface area contributed by atoms with Crippen molar-refractivity contribution in [3.8, 4) is 28.7 Å². The molecule has 0 aliphatic rings. The summed E-state index contributed by atoms with van der Waals surface area (Å²) in [5.41, 5.74) is -0.0258. The number of carbonyl (C=O) groups excluding carboxylic acids is 1. The van der Waals surface area contributed by atoms with Crippen LogP contribution in [-0.4, -0.2) is 53.5 Å². The number of nitrogens with zero attached hydrogens (tertiary/aromatic N) is 2. The molecule has 2 aromatic heterocycles. The van der Waals surface area contributed by atoms with Crippen LogP contribution in [0, 0.1) is 13.8 Å². The highest BCUT2D eigenvalue weighted by molar-refractivity contribution is 5.82. The van der Waals surface area contributed by atoms with Crippen molar-refractivity contribution in [1.29, 1.82) is 0 Å². The van der Waals surface area contributed by atoms with E-state index in [9.17, 15) is 24.6 Å². The Morgan fingerprint density at radius 2 is 1.68 bits per heavy atom. The van der Waals surface area contributed by atoms with Crippen molar-refractivity contribution in [1.82, 2.24) is 14.9 Å². The van der Waals surface area contributed by atoms with Gasteiger partial charge in [0.2, 0.25) is 17.1 Å². The minimum atomic E-state index is -0.883. The van der Waals surface area contributed by atoms with Crippen LogP contribution in [0.15, 0.2) is 50.4 Å². The van der Waals surface area contributed by atoms with Crippen molar-refractivity contribution in [2.75, 3.05) is 27.9 Å². The largest absolute Gasteiger partial charge is 0.504 e. The second-order valence-corrected chi connectivity index (χ2v) is 9.31. The molecule has 0 fully saturated rings. The topological polar surface area (TPSA) is 162 Å². The molecule has 0 aliphatic heterocycles. The highest BCUT2D eigenvalue weighted by Gasteiger charge is 2.27. The lowest BCUT2D eigenvalue weighted by atomic mass is 9.91. The van der Waals surface area contributed by atoms with E-state index in [1.54, 1.807) is 32.0 Å². The number of carbonyl (C=O) groups is 1. The van der Waals surface area contributed by atoms with Gasteiger partial charge in [0.05, 0.1) is 38.2 Å². The number of nitrogens with one attached hydrogen (secondary N) is 1. The van der Waals surface area contributed by atoms with Gasteiger partial charge >= 0.3 is 0 Å². The van der Waals surface area contributed by atoms with Crippen molar-refractivity contribution in [3.05, 3.63) is 79.9 Å². The summed E-state index contributed by atoms with van der Waals surface area (Å²) in [7, 11) is 4.35. The minimum absolute atomic E-state index is 0.0898. The number of phenolic OH excluding ortho intramolecular Hbond substituents is 1. The van der Waals surface area contributed by atoms with E-state index in [2.05, 4.69) is 10.3 Å². The molecule has 4 rings (SSSR count). The molecule has 0 aliphatic carbocycles. The molecular weight excluding hydrogens is 534 g/mol. The molecule has 4 aromatic rings. The number of rotatable bonds is 10. The Balaban J connectivity index is 1.58. The van der Waals surface area contributed by atoms with Crippen LogP contribution in [0.2, 0.25) is 0 Å². The second-order valence-electron chi connectivity index (χ2n) is 9.31. The van der Waals surface area contributed by atoms with E-state index in [0.29, 0.717) is 33.8 Å². The maximum Gasteiger partial charge on any atom is 0.261 e. The molecule has 0 bridgehead atoms. The van der Waals surface area contributed by atoms with Gasteiger partial charge in [-0.1, -0.05) is 6.07 Å². The van der Waals surface area contributed by atoms with Crippen LogP contribution in [-0.2, 0) is 11.3 Å². The summed E-state index contributed by atoms with van der Waals surface area (Å²) < 4.78 is 22.9. The van der Waals surface area contributed by atoms with Gasteiger partial charge in [0.1, 0.15) is 11.6 Å². The van der Waals surface area contributed by atoms with Crippen LogP contribution in [0.3, 0.4) is 0 Å². The first-order valence-corrected chi connectivity index (χ1v) is 12.7. The van der Waals surface area contributed by atoms with E-state index in [-0.39, 0.29) is 48.1 Å². The zero-order valence-corrected chi connectivity index (χ0v) is 23.3. The first kappa shape index (κ1) is 29.0. The van der Waals surface area contributed by atoms with Gasteiger partial charge in [-0.25, -0.2) is 4.98 Å². The van der Waals surface area contributed by atoms with E-state index in [1.165, 1.54) is 38.0 Å². The lowest BCUT2D eigenvalue weighted by Gasteiger charge is -2.19. The van der Waals surface area contributed by atoms with E-state index in [0.717, 1.165) is 6.07 Å². The number of ether oxygens (including phenoxy) is 3. The quantitative estimate of drug-likeness (QED) is 0.261. The molecule has 0 saturated carbocycles. The normalized spacial score (nSPS) is 11.7. The van der Waals surface area contributed by atoms with E-state index < -0.39 is 23.0 Å². The molecule has 0 radical (unpaired) electrons. The number of methoxy groups -OCH3 is 3. The third-order valence-corrected chi connectivity index (χ3v) is 6.69. The van der Waals surface area contributed by atoms with E-state index in [4.69, 9.17) is 18.6 Å². The van der Waals surface area contributed by atoms with Gasteiger partial charge in [-0.05, 0) is 37.6 Å². The molecule has 12 heteroatoms. The maximum atomic E-state index is 13.2. The van der Waals surface area contributed by atoms with Crippen molar-refractivity contribution >= 4 is 16.8 Å². The smallest absolute Gasteiger partial charge is 0.261 e. The number of aryl methyl sites for hydroxylation is 2. The van der Waals surface area contributed by atoms with Crippen LogP contribution in [0.4, 0.5) is 0 Å². The molecule has 0 saturated heterocycles. The van der Waals surface area contributed by atoms with Gasteiger partial charge < -0.3 is 34.2 Å². The Labute approximate surface area is 234 Å². The number of phenols is 1. The van der Waals surface area contributed by atoms with Crippen LogP contribution < -0.4 is 30.5 Å². The summed E-state index contributed by atoms with van der Waals surface area (Å²) >= 11 is 0. The third kappa shape index (κ3) is 5.96. The number of hydrogen-bond acceptors (Lipinski definition) is 10. The monoisotopic (exact) mass is 565 g/mol. The highest BCUT2D eigenvalue weighted by Crippen LogP contribution is 2.37. The van der Waals surface area contributed by atoms with E-state index in [1.807, 2.05) is 0 Å². The van der Waals surface area contributed by atoms with Crippen molar-refractivity contribution < 1.29 is 33.6 Å². The van der Waals surface area contributed by atoms with Gasteiger partial charge in [-0.3, -0.25) is 19.0 Å². The Kier molecular flexibility index (Phi) is 8.51. The SMILES string of the molecule is COc1cc(C(CC(=O)NCCn2c(C)nc3cc(OC)c(OC)cc3c2=O)c2oc(C)cc(=O)c2O)ccc1O. The van der Waals surface area contributed by atoms with Crippen LogP contribution in [0.25, 0.3) is 10.9 Å². The van der Waals surface area contributed by atoms with Crippen LogP contribution >= 0.6 is 0 Å². The summed E-state index contributed by atoms with van der Waals surface area (Å²) in [5, 5.41) is 23.7. The Hall–Kier alpha value is -5.00. The summed E-state index contributed by atoms with van der Waals surface area (Å²) in [4.78, 5) is 43.1. The summed E-state index contributed by atoms with van der Waals surface area (Å²) in [6.07, 6.45) is -0.214. The van der Waals surface area contributed by atoms with Gasteiger partial charge in [0.15, 0.2) is 28.8 Å². The first-order chi connectivity index (χ1) is 19.6. The molecule has 1 unspecified atom stereocenters. The summed E-state index contributed by atoms with van der Waals surface area (Å²) in [6.45, 7) is 3.48. The molecular formula is C29H31N3O9. The fourth-order valence-electron chi connectivity index (χ4n) is 4.62. The minimum Gasteiger partial charge on any atom is -0.504 e. The van der Waals surface area contributed by atoms with Gasteiger partial charge in [-0.2, -0.15) is 0 Å². The van der Waals surface area contributed by atoms with Crippen LogP contribution in [0.5, 0.6) is 28.7 Å². The Bertz CT molecular complexity index is 1730. The van der Waals surface area contributed by atoms with Gasteiger partial charge in [0.25, 0.3) is 5.56 Å². The molecule has 216 valence electrons. The van der Waals surface area contributed by atoms with Crippen LogP contribution in [0.1, 0.15) is 35.2 Å². The molecule has 41 heavy (non-hydrogen) atoms. The number of aromatic nitrogens is 2. The molecule has 1 amide bonds. The first-order valence-electron chi connectivity index (χ1n) is 12.7. The number of aromatic hydroxyl groups is 2. The Morgan fingerprint density at radius 1 is 1.00 bits per heavy atom. The highest BCUT2D eigenvalue weighted by atomic mass is 16.5. The molecule has 1 atom stereocenters. The average molecular weight is 566 g/mol. The fourth-order valence-corrected chi connectivity index (χ4v) is 4.62. The summed E-state index contributed by atoms with van der Waals surface area (Å²) in [6, 6.07) is 8.78. The predicted molar refractivity (Wildman–Crippen MR) is 149 cm³/mol. The Morgan fingerprint density at radius 3 is 2.37 bits per heavy atom. The zero-order valence-electron chi connectivity index (χ0n) is 23.3. The molecule has 3 N–H and O–H groups in total. The lowest BCUT2D eigenvalue weighted by molar-refractivity contribution is -0.121. The average Bonchev–Trinajstić information content (AvgIpc) is 2.95. The number of hydrogen-bond donors (Lipinski definition) is 3. The van der Waals surface area contributed by atoms with Gasteiger partial charge in [-0.15, -0.1) is 0 Å².